The molecule has 1 aromatic heterocycles. The van der Waals surface area contributed by atoms with Crippen molar-refractivity contribution in [2.24, 2.45) is 0 Å². The van der Waals surface area contributed by atoms with Crippen LogP contribution in [0.3, 0.4) is 0 Å². The monoisotopic (exact) mass is 217 g/mol. The van der Waals surface area contributed by atoms with E-state index in [9.17, 15) is 0 Å². The summed E-state index contributed by atoms with van der Waals surface area (Å²) in [6, 6.07) is 0. The second-order valence-electron chi connectivity index (χ2n) is 3.47. The lowest BCUT2D eigenvalue weighted by molar-refractivity contribution is 0.321. The van der Waals surface area contributed by atoms with Crippen molar-refractivity contribution in [2.45, 2.75) is 30.6 Å². The number of nitrogens with zero attached hydrogens (tertiary/aromatic N) is 3. The van der Waals surface area contributed by atoms with Crippen LogP contribution in [-0.2, 0) is 6.54 Å². The summed E-state index contributed by atoms with van der Waals surface area (Å²) in [5.74, 6) is 0. The van der Waals surface area contributed by atoms with E-state index < -0.39 is 0 Å². The molecule has 0 unspecified atom stereocenters. The number of rotatable bonds is 3. The molecule has 0 radical (unpaired) electrons. The van der Waals surface area contributed by atoms with E-state index in [0.717, 1.165) is 6.54 Å². The lowest BCUT2D eigenvalue weighted by atomic mass is 9.84. The third kappa shape index (κ3) is 1.70. The molecule has 1 fully saturated rings. The highest BCUT2D eigenvalue weighted by atomic mass is 35.5. The smallest absolute Gasteiger partial charge is 0.224 e. The van der Waals surface area contributed by atoms with Gasteiger partial charge < -0.3 is 4.57 Å². The number of thioether (sulfide) groups is 1. The van der Waals surface area contributed by atoms with Crippen molar-refractivity contribution in [2.75, 3.05) is 6.26 Å². The van der Waals surface area contributed by atoms with Gasteiger partial charge in [0, 0.05) is 11.3 Å². The lowest BCUT2D eigenvalue weighted by Gasteiger charge is -2.40. The summed E-state index contributed by atoms with van der Waals surface area (Å²) in [7, 11) is 0. The van der Waals surface area contributed by atoms with E-state index in [0.29, 0.717) is 10.0 Å². The average Bonchev–Trinajstić information content (AvgIpc) is 2.44. The van der Waals surface area contributed by atoms with Crippen LogP contribution < -0.4 is 0 Å². The van der Waals surface area contributed by atoms with Crippen LogP contribution in [0.2, 0.25) is 5.28 Å². The zero-order chi connectivity index (χ0) is 9.31. The lowest BCUT2D eigenvalue weighted by Crippen LogP contribution is -2.37. The molecule has 1 aliphatic rings. The van der Waals surface area contributed by atoms with Crippen molar-refractivity contribution >= 4 is 23.4 Å². The molecule has 0 atom stereocenters. The SMILES string of the molecule is CSC1(Cn2cnnc2Cl)CCC1. The van der Waals surface area contributed by atoms with Gasteiger partial charge >= 0.3 is 0 Å². The maximum absolute atomic E-state index is 5.86. The summed E-state index contributed by atoms with van der Waals surface area (Å²) in [6.07, 6.45) is 7.77. The molecule has 0 bridgehead atoms. The van der Waals surface area contributed by atoms with Crippen LogP contribution in [0, 0.1) is 0 Å². The Balaban J connectivity index is 2.08. The van der Waals surface area contributed by atoms with Crippen LogP contribution in [0.4, 0.5) is 0 Å². The Morgan fingerprint density at radius 1 is 1.69 bits per heavy atom. The van der Waals surface area contributed by atoms with Gasteiger partial charge in [-0.2, -0.15) is 11.8 Å². The summed E-state index contributed by atoms with van der Waals surface area (Å²) in [5, 5.41) is 8.03. The van der Waals surface area contributed by atoms with Crippen LogP contribution in [0.5, 0.6) is 0 Å². The summed E-state index contributed by atoms with van der Waals surface area (Å²) in [5.41, 5.74) is 0. The highest BCUT2D eigenvalue weighted by molar-refractivity contribution is 8.00. The fourth-order valence-electron chi connectivity index (χ4n) is 1.66. The fourth-order valence-corrected chi connectivity index (χ4v) is 2.77. The molecule has 0 spiro atoms. The third-order valence-corrected chi connectivity index (χ3v) is 4.42. The summed E-state index contributed by atoms with van der Waals surface area (Å²) >= 11 is 7.79. The zero-order valence-electron chi connectivity index (χ0n) is 7.53. The van der Waals surface area contributed by atoms with E-state index in [2.05, 4.69) is 16.5 Å². The van der Waals surface area contributed by atoms with Crippen LogP contribution in [0.15, 0.2) is 6.33 Å². The average molecular weight is 218 g/mol. The first-order chi connectivity index (χ1) is 6.26. The molecule has 0 aliphatic heterocycles. The summed E-state index contributed by atoms with van der Waals surface area (Å²) < 4.78 is 2.32. The molecular weight excluding hydrogens is 206 g/mol. The van der Waals surface area contributed by atoms with Crippen molar-refractivity contribution < 1.29 is 0 Å². The first-order valence-corrected chi connectivity index (χ1v) is 5.94. The zero-order valence-corrected chi connectivity index (χ0v) is 9.11. The van der Waals surface area contributed by atoms with Gasteiger partial charge in [-0.3, -0.25) is 0 Å². The van der Waals surface area contributed by atoms with E-state index in [1.54, 1.807) is 6.33 Å². The van der Waals surface area contributed by atoms with Crippen molar-refractivity contribution in [3.05, 3.63) is 11.6 Å². The Morgan fingerprint density at radius 2 is 2.46 bits per heavy atom. The van der Waals surface area contributed by atoms with Gasteiger partial charge in [-0.15, -0.1) is 10.2 Å². The molecular formula is C8H12ClN3S. The standard InChI is InChI=1S/C8H12ClN3S/c1-13-8(3-2-4-8)5-12-6-10-11-7(12)9/h6H,2-5H2,1H3. The van der Waals surface area contributed by atoms with Gasteiger partial charge in [-0.25, -0.2) is 0 Å². The number of aromatic nitrogens is 3. The van der Waals surface area contributed by atoms with E-state index in [1.165, 1.54) is 19.3 Å². The molecule has 0 saturated heterocycles. The molecule has 1 aliphatic carbocycles. The van der Waals surface area contributed by atoms with E-state index in [1.807, 2.05) is 16.3 Å². The minimum absolute atomic E-state index is 0.395. The second-order valence-corrected chi connectivity index (χ2v) is 5.08. The second kappa shape index (κ2) is 3.50. The highest BCUT2D eigenvalue weighted by Crippen LogP contribution is 2.44. The molecule has 3 nitrogen and oxygen atoms in total. The maximum Gasteiger partial charge on any atom is 0.224 e. The quantitative estimate of drug-likeness (QED) is 0.778. The van der Waals surface area contributed by atoms with Crippen LogP contribution in [-0.4, -0.2) is 25.8 Å². The largest absolute Gasteiger partial charge is 0.303 e. The predicted molar refractivity (Wildman–Crippen MR) is 55.1 cm³/mol. The minimum atomic E-state index is 0.395. The number of hydrogen-bond acceptors (Lipinski definition) is 3. The molecule has 1 aromatic rings. The first-order valence-electron chi connectivity index (χ1n) is 4.34. The van der Waals surface area contributed by atoms with Crippen molar-refractivity contribution in [1.82, 2.24) is 14.8 Å². The Labute approximate surface area is 86.9 Å². The van der Waals surface area contributed by atoms with Crippen LogP contribution in [0.25, 0.3) is 0 Å². The molecule has 0 N–H and O–H groups in total. The molecule has 72 valence electrons. The van der Waals surface area contributed by atoms with Gasteiger partial charge in [0.2, 0.25) is 5.28 Å². The van der Waals surface area contributed by atoms with Gasteiger partial charge in [-0.1, -0.05) is 6.42 Å². The fraction of sp³-hybridized carbons (Fsp3) is 0.750. The Hall–Kier alpha value is -0.220. The minimum Gasteiger partial charge on any atom is -0.303 e. The van der Waals surface area contributed by atoms with Gasteiger partial charge in [0.25, 0.3) is 0 Å². The molecule has 5 heteroatoms. The summed E-state index contributed by atoms with van der Waals surface area (Å²) in [4.78, 5) is 0. The molecule has 0 aromatic carbocycles. The van der Waals surface area contributed by atoms with Crippen LogP contribution in [0.1, 0.15) is 19.3 Å². The molecule has 0 amide bonds. The number of hydrogen-bond donors (Lipinski definition) is 0. The molecule has 1 saturated carbocycles. The van der Waals surface area contributed by atoms with Gasteiger partial charge in [0.05, 0.1) is 0 Å². The Kier molecular flexibility index (Phi) is 2.51. The Bertz CT molecular complexity index is 290. The van der Waals surface area contributed by atoms with Gasteiger partial charge in [-0.05, 0) is 30.7 Å². The number of halogens is 1. The third-order valence-electron chi connectivity index (χ3n) is 2.72. The van der Waals surface area contributed by atoms with Crippen molar-refractivity contribution in [1.29, 1.82) is 0 Å². The van der Waals surface area contributed by atoms with E-state index >= 15 is 0 Å². The first kappa shape index (κ1) is 9.34. The van der Waals surface area contributed by atoms with Gasteiger partial charge in [0.15, 0.2) is 0 Å². The molecule has 13 heavy (non-hydrogen) atoms. The normalized spacial score (nSPS) is 19.8. The van der Waals surface area contributed by atoms with Crippen molar-refractivity contribution in [3.63, 3.8) is 0 Å². The van der Waals surface area contributed by atoms with E-state index in [-0.39, 0.29) is 0 Å². The summed E-state index contributed by atoms with van der Waals surface area (Å²) in [6.45, 7) is 0.944. The van der Waals surface area contributed by atoms with Gasteiger partial charge in [0.1, 0.15) is 6.33 Å². The molecule has 1 heterocycles. The van der Waals surface area contributed by atoms with E-state index in [4.69, 9.17) is 11.6 Å². The van der Waals surface area contributed by atoms with Crippen molar-refractivity contribution in [3.8, 4) is 0 Å². The predicted octanol–water partition coefficient (Wildman–Crippen LogP) is 2.22. The Morgan fingerprint density at radius 3 is 2.85 bits per heavy atom. The molecule has 2 rings (SSSR count). The topological polar surface area (TPSA) is 30.7 Å². The maximum atomic E-state index is 5.86. The highest BCUT2D eigenvalue weighted by Gasteiger charge is 2.36. The van der Waals surface area contributed by atoms with Crippen LogP contribution >= 0.6 is 23.4 Å².